The van der Waals surface area contributed by atoms with Crippen LogP contribution in [0.4, 0.5) is 0 Å². The van der Waals surface area contributed by atoms with Crippen LogP contribution in [0.25, 0.3) is 0 Å². The molecular formula is C18H32IN3O2. The Morgan fingerprint density at radius 3 is 2.46 bits per heavy atom. The van der Waals surface area contributed by atoms with Gasteiger partial charge in [0.2, 0.25) is 0 Å². The summed E-state index contributed by atoms with van der Waals surface area (Å²) in [6.45, 7) is 10.2. The lowest BCUT2D eigenvalue weighted by Crippen LogP contribution is -2.39. The van der Waals surface area contributed by atoms with E-state index in [1.807, 2.05) is 19.1 Å². The van der Waals surface area contributed by atoms with Crippen molar-refractivity contribution >= 4 is 29.9 Å². The van der Waals surface area contributed by atoms with Crippen molar-refractivity contribution in [3.63, 3.8) is 0 Å². The first-order valence-corrected chi connectivity index (χ1v) is 8.45. The molecule has 1 rings (SSSR count). The average Bonchev–Trinajstić information content (AvgIpc) is 2.58. The minimum absolute atomic E-state index is 0. The molecule has 0 aromatic heterocycles. The number of benzene rings is 1. The zero-order valence-corrected chi connectivity index (χ0v) is 17.6. The van der Waals surface area contributed by atoms with Gasteiger partial charge in [-0.05, 0) is 43.9 Å². The number of hydrogen-bond donors (Lipinski definition) is 2. The molecule has 5 nitrogen and oxygen atoms in total. The van der Waals surface area contributed by atoms with Crippen molar-refractivity contribution in [2.45, 2.75) is 33.1 Å². The van der Waals surface area contributed by atoms with Gasteiger partial charge in [-0.3, -0.25) is 4.99 Å². The van der Waals surface area contributed by atoms with Gasteiger partial charge in [-0.25, -0.2) is 0 Å². The molecule has 0 aliphatic heterocycles. The number of methoxy groups -OCH3 is 1. The second-order valence-electron chi connectivity index (χ2n) is 5.35. The number of nitrogens with zero attached hydrogens (tertiary/aromatic N) is 1. The molecule has 0 aliphatic carbocycles. The van der Waals surface area contributed by atoms with Gasteiger partial charge < -0.3 is 20.1 Å². The molecule has 0 saturated carbocycles. The fraction of sp³-hybridized carbons (Fsp3) is 0.611. The summed E-state index contributed by atoms with van der Waals surface area (Å²) < 4.78 is 10.5. The number of hydrogen-bond acceptors (Lipinski definition) is 3. The fourth-order valence-electron chi connectivity index (χ4n) is 2.20. The Morgan fingerprint density at radius 2 is 1.88 bits per heavy atom. The third-order valence-corrected chi connectivity index (χ3v) is 3.60. The van der Waals surface area contributed by atoms with E-state index in [9.17, 15) is 0 Å². The minimum atomic E-state index is 0. The molecule has 0 heterocycles. The highest BCUT2D eigenvalue weighted by molar-refractivity contribution is 14.0. The van der Waals surface area contributed by atoms with E-state index in [1.165, 1.54) is 5.56 Å². The van der Waals surface area contributed by atoms with Gasteiger partial charge in [0, 0.05) is 26.2 Å². The molecule has 6 heteroatoms. The zero-order valence-electron chi connectivity index (χ0n) is 15.3. The second kappa shape index (κ2) is 14.3. The van der Waals surface area contributed by atoms with Crippen LogP contribution in [-0.2, 0) is 4.74 Å². The maximum atomic E-state index is 5.33. The van der Waals surface area contributed by atoms with Crippen molar-refractivity contribution < 1.29 is 9.47 Å². The lowest BCUT2D eigenvalue weighted by Gasteiger charge is -2.13. The SMILES string of the molecule is CCNC(=NCCC(C)c1ccc(OC)cc1)NCCOCC.I. The van der Waals surface area contributed by atoms with Crippen LogP contribution in [0.15, 0.2) is 29.3 Å². The number of halogens is 1. The van der Waals surface area contributed by atoms with Crippen molar-refractivity contribution in [3.8, 4) is 5.75 Å². The first-order valence-electron chi connectivity index (χ1n) is 8.45. The smallest absolute Gasteiger partial charge is 0.191 e. The Kier molecular flexibility index (Phi) is 13.7. The standard InChI is InChI=1S/C18H31N3O2.HI/c1-5-19-18(21-13-14-23-6-2)20-12-11-15(3)16-7-9-17(22-4)10-8-16;/h7-10,15H,5-6,11-14H2,1-4H3,(H2,19,20,21);1H. The van der Waals surface area contributed by atoms with Gasteiger partial charge in [-0.1, -0.05) is 19.1 Å². The summed E-state index contributed by atoms with van der Waals surface area (Å²) in [5.74, 6) is 2.22. The van der Waals surface area contributed by atoms with Gasteiger partial charge in [0.25, 0.3) is 0 Å². The highest BCUT2D eigenvalue weighted by Crippen LogP contribution is 2.21. The van der Waals surface area contributed by atoms with Gasteiger partial charge in [0.05, 0.1) is 13.7 Å². The maximum absolute atomic E-state index is 5.33. The Balaban J connectivity index is 0.00000529. The largest absolute Gasteiger partial charge is 0.497 e. The number of guanidine groups is 1. The fourth-order valence-corrected chi connectivity index (χ4v) is 2.20. The third-order valence-electron chi connectivity index (χ3n) is 3.60. The number of aliphatic imine (C=N–C) groups is 1. The molecule has 0 fully saturated rings. The summed E-state index contributed by atoms with van der Waals surface area (Å²) in [5.41, 5.74) is 1.32. The van der Waals surface area contributed by atoms with E-state index in [2.05, 4.69) is 41.6 Å². The topological polar surface area (TPSA) is 54.9 Å². The van der Waals surface area contributed by atoms with Crippen LogP contribution in [0.5, 0.6) is 5.75 Å². The van der Waals surface area contributed by atoms with Gasteiger partial charge in [-0.2, -0.15) is 0 Å². The molecule has 138 valence electrons. The quantitative estimate of drug-likeness (QED) is 0.249. The first kappa shape index (κ1) is 23.0. The van der Waals surface area contributed by atoms with Crippen molar-refractivity contribution in [1.82, 2.24) is 10.6 Å². The summed E-state index contributed by atoms with van der Waals surface area (Å²) in [7, 11) is 1.69. The average molecular weight is 449 g/mol. The lowest BCUT2D eigenvalue weighted by atomic mass is 9.98. The van der Waals surface area contributed by atoms with Crippen molar-refractivity contribution in [2.75, 3.05) is 40.0 Å². The molecule has 0 bridgehead atoms. The third kappa shape index (κ3) is 9.32. The van der Waals surface area contributed by atoms with Crippen LogP contribution in [-0.4, -0.2) is 45.9 Å². The molecule has 0 spiro atoms. The molecule has 1 atom stereocenters. The number of nitrogens with one attached hydrogen (secondary N) is 2. The van der Waals surface area contributed by atoms with E-state index in [0.29, 0.717) is 12.5 Å². The first-order chi connectivity index (χ1) is 11.2. The van der Waals surface area contributed by atoms with Gasteiger partial charge in [-0.15, -0.1) is 24.0 Å². The highest BCUT2D eigenvalue weighted by Gasteiger charge is 2.05. The zero-order chi connectivity index (χ0) is 16.9. The number of ether oxygens (including phenoxy) is 2. The molecule has 0 amide bonds. The molecule has 1 aromatic carbocycles. The summed E-state index contributed by atoms with van der Waals surface area (Å²) >= 11 is 0. The predicted octanol–water partition coefficient (Wildman–Crippen LogP) is 3.40. The van der Waals surface area contributed by atoms with Crippen LogP contribution < -0.4 is 15.4 Å². The van der Waals surface area contributed by atoms with Crippen LogP contribution in [0.3, 0.4) is 0 Å². The Hall–Kier alpha value is -1.02. The van der Waals surface area contributed by atoms with Gasteiger partial charge in [0.15, 0.2) is 5.96 Å². The van der Waals surface area contributed by atoms with Crippen molar-refractivity contribution in [2.24, 2.45) is 4.99 Å². The van der Waals surface area contributed by atoms with E-state index in [0.717, 1.165) is 44.4 Å². The van der Waals surface area contributed by atoms with Gasteiger partial charge >= 0.3 is 0 Å². The molecule has 0 saturated heterocycles. The summed E-state index contributed by atoms with van der Waals surface area (Å²) in [5, 5.41) is 6.54. The van der Waals surface area contributed by atoms with E-state index >= 15 is 0 Å². The predicted molar refractivity (Wildman–Crippen MR) is 112 cm³/mol. The van der Waals surface area contributed by atoms with Crippen LogP contribution in [0.2, 0.25) is 0 Å². The molecule has 24 heavy (non-hydrogen) atoms. The normalized spacial score (nSPS) is 12.2. The second-order valence-corrected chi connectivity index (χ2v) is 5.35. The summed E-state index contributed by atoms with van der Waals surface area (Å²) in [4.78, 5) is 4.62. The molecule has 0 aliphatic rings. The summed E-state index contributed by atoms with van der Waals surface area (Å²) in [6, 6.07) is 8.26. The van der Waals surface area contributed by atoms with E-state index < -0.39 is 0 Å². The van der Waals surface area contributed by atoms with Crippen molar-refractivity contribution in [1.29, 1.82) is 0 Å². The lowest BCUT2D eigenvalue weighted by molar-refractivity contribution is 0.152. The van der Waals surface area contributed by atoms with Crippen LogP contribution in [0.1, 0.15) is 38.7 Å². The summed E-state index contributed by atoms with van der Waals surface area (Å²) in [6.07, 6.45) is 1.01. The van der Waals surface area contributed by atoms with Gasteiger partial charge in [0.1, 0.15) is 5.75 Å². The van der Waals surface area contributed by atoms with E-state index in [1.54, 1.807) is 7.11 Å². The molecule has 1 aromatic rings. The van der Waals surface area contributed by atoms with E-state index in [4.69, 9.17) is 9.47 Å². The number of rotatable bonds is 10. The highest BCUT2D eigenvalue weighted by atomic mass is 127. The van der Waals surface area contributed by atoms with Crippen molar-refractivity contribution in [3.05, 3.63) is 29.8 Å². The van der Waals surface area contributed by atoms with E-state index in [-0.39, 0.29) is 24.0 Å². The Labute approximate surface area is 163 Å². The van der Waals surface area contributed by atoms with Crippen LogP contribution >= 0.6 is 24.0 Å². The molecule has 1 unspecified atom stereocenters. The Bertz CT molecular complexity index is 452. The molecular weight excluding hydrogens is 417 g/mol. The maximum Gasteiger partial charge on any atom is 0.191 e. The molecule has 2 N–H and O–H groups in total. The van der Waals surface area contributed by atoms with Crippen LogP contribution in [0, 0.1) is 0 Å². The minimum Gasteiger partial charge on any atom is -0.497 e. The molecule has 0 radical (unpaired) electrons. The monoisotopic (exact) mass is 449 g/mol. The Morgan fingerprint density at radius 1 is 1.17 bits per heavy atom.